The van der Waals surface area contributed by atoms with Crippen LogP contribution in [-0.4, -0.2) is 53.2 Å². The smallest absolute Gasteiger partial charge is 0.408 e. The monoisotopic (exact) mass is 597 g/mol. The van der Waals surface area contributed by atoms with Gasteiger partial charge in [-0.05, 0) is 75.1 Å². The predicted molar refractivity (Wildman–Crippen MR) is 170 cm³/mol. The number of ether oxygens (including phenoxy) is 2. The molecule has 0 aliphatic rings. The molecule has 9 nitrogen and oxygen atoms in total. The Hall–Kier alpha value is -3.75. The van der Waals surface area contributed by atoms with Gasteiger partial charge in [-0.1, -0.05) is 71.4 Å². The molecular formula is C34H51N3O6. The summed E-state index contributed by atoms with van der Waals surface area (Å²) in [5, 5.41) is 15.7. The van der Waals surface area contributed by atoms with E-state index in [1.54, 1.807) is 69.2 Å². The van der Waals surface area contributed by atoms with Crippen molar-refractivity contribution in [3.63, 3.8) is 0 Å². The molecule has 0 saturated carbocycles. The Morgan fingerprint density at radius 1 is 0.907 bits per heavy atom. The maximum Gasteiger partial charge on any atom is 0.408 e. The summed E-state index contributed by atoms with van der Waals surface area (Å²) in [6.45, 7) is 11.6. The topological polar surface area (TPSA) is 117 Å². The summed E-state index contributed by atoms with van der Waals surface area (Å²) in [4.78, 5) is 42.9. The van der Waals surface area contributed by atoms with Crippen molar-refractivity contribution in [1.29, 1.82) is 0 Å². The van der Waals surface area contributed by atoms with E-state index in [4.69, 9.17) is 9.47 Å². The van der Waals surface area contributed by atoms with Crippen LogP contribution in [0.5, 0.6) is 11.5 Å². The van der Waals surface area contributed by atoms with Gasteiger partial charge in [-0.25, -0.2) is 4.79 Å². The van der Waals surface area contributed by atoms with Gasteiger partial charge < -0.3 is 30.1 Å². The van der Waals surface area contributed by atoms with E-state index in [1.807, 2.05) is 13.8 Å². The van der Waals surface area contributed by atoms with E-state index in [1.165, 1.54) is 12.1 Å². The molecule has 2 aromatic carbocycles. The van der Waals surface area contributed by atoms with Crippen LogP contribution in [0.4, 0.5) is 10.5 Å². The molecule has 0 radical (unpaired) electrons. The number of benzene rings is 2. The lowest BCUT2D eigenvalue weighted by molar-refractivity contribution is -0.142. The second-order valence-electron chi connectivity index (χ2n) is 12.0. The van der Waals surface area contributed by atoms with Crippen LogP contribution >= 0.6 is 0 Å². The molecule has 0 fully saturated rings. The lowest BCUT2D eigenvalue weighted by Gasteiger charge is -2.36. The van der Waals surface area contributed by atoms with E-state index in [9.17, 15) is 19.5 Å². The zero-order chi connectivity index (χ0) is 32.0. The number of rotatable bonds is 16. The van der Waals surface area contributed by atoms with Crippen molar-refractivity contribution < 1.29 is 29.0 Å². The Labute approximate surface area is 257 Å². The summed E-state index contributed by atoms with van der Waals surface area (Å²) < 4.78 is 10.7. The maximum atomic E-state index is 14.4. The van der Waals surface area contributed by atoms with Crippen molar-refractivity contribution >= 4 is 23.6 Å². The lowest BCUT2D eigenvalue weighted by Crippen LogP contribution is -2.55. The number of methoxy groups -OCH3 is 1. The van der Waals surface area contributed by atoms with Crippen LogP contribution in [0.3, 0.4) is 0 Å². The molecule has 3 unspecified atom stereocenters. The highest BCUT2D eigenvalue weighted by molar-refractivity contribution is 5.99. The normalized spacial score (nSPS) is 13.4. The fourth-order valence-corrected chi connectivity index (χ4v) is 4.74. The Balaban J connectivity index is 2.51. The molecule has 3 N–H and O–H groups in total. The number of unbranched alkanes of at least 4 members (excludes halogenated alkanes) is 5. The van der Waals surface area contributed by atoms with Crippen LogP contribution in [0, 0.1) is 5.92 Å². The second-order valence-corrected chi connectivity index (χ2v) is 12.0. The van der Waals surface area contributed by atoms with E-state index in [0.717, 1.165) is 32.1 Å². The number of hydrogen-bond acceptors (Lipinski definition) is 6. The van der Waals surface area contributed by atoms with Crippen molar-refractivity contribution in [3.8, 4) is 11.5 Å². The first-order valence-corrected chi connectivity index (χ1v) is 15.4. The molecule has 0 saturated heterocycles. The minimum atomic E-state index is -1.02. The highest BCUT2D eigenvalue weighted by Gasteiger charge is 2.38. The molecule has 43 heavy (non-hydrogen) atoms. The third-order valence-corrected chi connectivity index (χ3v) is 7.31. The fourth-order valence-electron chi connectivity index (χ4n) is 4.74. The van der Waals surface area contributed by atoms with E-state index < -0.39 is 29.7 Å². The van der Waals surface area contributed by atoms with Gasteiger partial charge in [-0.15, -0.1) is 0 Å². The van der Waals surface area contributed by atoms with E-state index in [2.05, 4.69) is 17.6 Å². The Morgan fingerprint density at radius 3 is 2.07 bits per heavy atom. The zero-order valence-corrected chi connectivity index (χ0v) is 26.9. The molecule has 0 aromatic heterocycles. The predicted octanol–water partition coefficient (Wildman–Crippen LogP) is 7.21. The summed E-state index contributed by atoms with van der Waals surface area (Å²) in [7, 11) is 1.57. The van der Waals surface area contributed by atoms with Crippen LogP contribution in [0.1, 0.15) is 98.1 Å². The van der Waals surface area contributed by atoms with Gasteiger partial charge in [0.2, 0.25) is 5.91 Å². The molecule has 0 aliphatic carbocycles. The zero-order valence-electron chi connectivity index (χ0n) is 26.9. The van der Waals surface area contributed by atoms with Gasteiger partial charge >= 0.3 is 6.09 Å². The van der Waals surface area contributed by atoms with Gasteiger partial charge in [-0.2, -0.15) is 0 Å². The van der Waals surface area contributed by atoms with Crippen LogP contribution in [0.25, 0.3) is 0 Å². The molecule has 2 aromatic rings. The lowest BCUT2D eigenvalue weighted by atomic mass is 9.95. The minimum Gasteiger partial charge on any atom is -0.508 e. The number of alkyl carbamates (subject to hydrolysis) is 1. The molecule has 238 valence electrons. The summed E-state index contributed by atoms with van der Waals surface area (Å²) in [6.07, 6.45) is 5.96. The molecule has 3 amide bonds. The van der Waals surface area contributed by atoms with Crippen molar-refractivity contribution in [3.05, 3.63) is 54.1 Å². The van der Waals surface area contributed by atoms with Crippen molar-refractivity contribution in [1.82, 2.24) is 10.2 Å². The molecular weight excluding hydrogens is 546 g/mol. The van der Waals surface area contributed by atoms with Gasteiger partial charge in [-0.3, -0.25) is 9.59 Å². The first kappa shape index (κ1) is 35.4. The number of amides is 3. The first-order chi connectivity index (χ1) is 20.4. The van der Waals surface area contributed by atoms with Crippen molar-refractivity contribution in [2.24, 2.45) is 5.92 Å². The number of carbonyl (C=O) groups is 3. The summed E-state index contributed by atoms with van der Waals surface area (Å²) in [6, 6.07) is 11.3. The van der Waals surface area contributed by atoms with E-state index in [0.29, 0.717) is 36.4 Å². The maximum absolute atomic E-state index is 14.4. The van der Waals surface area contributed by atoms with Gasteiger partial charge in [0, 0.05) is 12.2 Å². The molecule has 2 rings (SSSR count). The average molecular weight is 598 g/mol. The van der Waals surface area contributed by atoms with Gasteiger partial charge in [0.1, 0.15) is 29.2 Å². The van der Waals surface area contributed by atoms with Crippen molar-refractivity contribution in [2.45, 2.75) is 104 Å². The third-order valence-electron chi connectivity index (χ3n) is 7.31. The summed E-state index contributed by atoms with van der Waals surface area (Å²) in [5.41, 5.74) is 0.355. The standard InChI is InChI=1S/C34H51N3O6/c1-8-10-11-12-13-14-23-37(32(40)29(24(3)9-2)36-33(41)43-34(4,5)6)30(25-15-19-27(38)20-16-25)31(39)35-26-17-21-28(42-7)22-18-26/h15-22,24,29-30,38H,8-14,23H2,1-7H3,(H,35,39)(H,36,41). The number of phenolic OH excluding ortho intramolecular Hbond substituents is 1. The highest BCUT2D eigenvalue weighted by Crippen LogP contribution is 2.28. The molecule has 0 aliphatic heterocycles. The number of phenols is 1. The largest absolute Gasteiger partial charge is 0.508 e. The molecule has 0 heterocycles. The summed E-state index contributed by atoms with van der Waals surface area (Å²) >= 11 is 0. The SMILES string of the molecule is CCCCCCCCN(C(=O)C(NC(=O)OC(C)(C)C)C(C)CC)C(C(=O)Nc1ccc(OC)cc1)c1ccc(O)cc1. The number of nitrogens with zero attached hydrogens (tertiary/aromatic N) is 1. The van der Waals surface area contributed by atoms with Crippen LogP contribution in [0.15, 0.2) is 48.5 Å². The van der Waals surface area contributed by atoms with E-state index in [-0.39, 0.29) is 17.6 Å². The Kier molecular flexibility index (Phi) is 14.3. The number of hydrogen-bond donors (Lipinski definition) is 3. The van der Waals surface area contributed by atoms with Crippen LogP contribution < -0.4 is 15.4 Å². The Bertz CT molecular complexity index is 1140. The Morgan fingerprint density at radius 2 is 1.51 bits per heavy atom. The van der Waals surface area contributed by atoms with Crippen molar-refractivity contribution in [2.75, 3.05) is 19.0 Å². The molecule has 0 bridgehead atoms. The number of nitrogens with one attached hydrogen (secondary N) is 2. The third kappa shape index (κ3) is 11.8. The minimum absolute atomic E-state index is 0.0518. The molecule has 3 atom stereocenters. The van der Waals surface area contributed by atoms with Gasteiger partial charge in [0.15, 0.2) is 0 Å². The van der Waals surface area contributed by atoms with Crippen LogP contribution in [-0.2, 0) is 14.3 Å². The average Bonchev–Trinajstić information content (AvgIpc) is 2.96. The van der Waals surface area contributed by atoms with Gasteiger partial charge in [0.05, 0.1) is 7.11 Å². The molecule has 0 spiro atoms. The number of carbonyl (C=O) groups excluding carboxylic acids is 3. The number of anilines is 1. The molecule has 9 heteroatoms. The quantitative estimate of drug-likeness (QED) is 0.176. The van der Waals surface area contributed by atoms with E-state index >= 15 is 0 Å². The van der Waals surface area contributed by atoms with Gasteiger partial charge in [0.25, 0.3) is 5.91 Å². The van der Waals surface area contributed by atoms with Crippen LogP contribution in [0.2, 0.25) is 0 Å². The second kappa shape index (κ2) is 17.4. The first-order valence-electron chi connectivity index (χ1n) is 15.4. The number of aromatic hydroxyl groups is 1. The summed E-state index contributed by atoms with van der Waals surface area (Å²) in [5.74, 6) is -0.294. The fraction of sp³-hybridized carbons (Fsp3) is 0.559. The highest BCUT2D eigenvalue weighted by atomic mass is 16.6.